The molecule has 0 spiro atoms. The molecule has 2 N–H and O–H groups in total. The molecule has 0 aliphatic rings. The van der Waals surface area contributed by atoms with Gasteiger partial charge in [0.1, 0.15) is 0 Å². The Hall–Kier alpha value is -0.860. The van der Waals surface area contributed by atoms with Gasteiger partial charge < -0.3 is 10.2 Å². The zero-order valence-corrected chi connectivity index (χ0v) is 10.4. The molecule has 0 saturated heterocycles. The lowest BCUT2D eigenvalue weighted by Gasteiger charge is -2.23. The molecule has 1 aromatic rings. The maximum Gasteiger partial charge on any atom is 0.0681 e. The van der Waals surface area contributed by atoms with Crippen LogP contribution in [-0.2, 0) is 13.0 Å². The first-order chi connectivity index (χ1) is 7.54. The van der Waals surface area contributed by atoms with Crippen LogP contribution in [0.3, 0.4) is 0 Å². The highest BCUT2D eigenvalue weighted by Gasteiger charge is 2.19. The fourth-order valence-corrected chi connectivity index (χ4v) is 2.02. The van der Waals surface area contributed by atoms with Gasteiger partial charge >= 0.3 is 0 Å². The third-order valence-corrected chi connectivity index (χ3v) is 3.15. The number of rotatable bonds is 5. The average molecular weight is 222 g/mol. The summed E-state index contributed by atoms with van der Waals surface area (Å²) in [5, 5.41) is 18.7. The van der Waals surface area contributed by atoms with Crippen molar-refractivity contribution >= 4 is 0 Å². The van der Waals surface area contributed by atoms with E-state index in [9.17, 15) is 5.11 Å². The summed E-state index contributed by atoms with van der Waals surface area (Å²) in [6.07, 6.45) is 0.610. The van der Waals surface area contributed by atoms with Crippen LogP contribution in [0.1, 0.15) is 31.9 Å². The quantitative estimate of drug-likeness (QED) is 0.803. The van der Waals surface area contributed by atoms with Crippen LogP contribution in [0.4, 0.5) is 0 Å². The third-order valence-electron chi connectivity index (χ3n) is 3.15. The molecule has 0 fully saturated rings. The summed E-state index contributed by atoms with van der Waals surface area (Å²) in [7, 11) is 0. The topological polar surface area (TPSA) is 40.5 Å². The molecule has 0 amide bonds. The van der Waals surface area contributed by atoms with E-state index in [1.54, 1.807) is 0 Å². The Labute approximate surface area is 97.9 Å². The lowest BCUT2D eigenvalue weighted by atomic mass is 9.85. The predicted molar refractivity (Wildman–Crippen MR) is 66.1 cm³/mol. The van der Waals surface area contributed by atoms with Gasteiger partial charge in [-0.15, -0.1) is 0 Å². The van der Waals surface area contributed by atoms with Gasteiger partial charge in [0.2, 0.25) is 0 Å². The molecule has 0 aromatic heterocycles. The highest BCUT2D eigenvalue weighted by molar-refractivity contribution is 5.22. The first-order valence-electron chi connectivity index (χ1n) is 5.91. The van der Waals surface area contributed by atoms with E-state index in [0.29, 0.717) is 11.8 Å². The van der Waals surface area contributed by atoms with Crippen molar-refractivity contribution in [2.45, 2.75) is 39.9 Å². The van der Waals surface area contributed by atoms with Gasteiger partial charge in [-0.25, -0.2) is 0 Å². The van der Waals surface area contributed by atoms with Crippen LogP contribution >= 0.6 is 0 Å². The van der Waals surface area contributed by atoms with Crippen molar-refractivity contribution in [2.75, 3.05) is 0 Å². The maximum atomic E-state index is 9.70. The molecular weight excluding hydrogens is 200 g/mol. The van der Waals surface area contributed by atoms with E-state index in [4.69, 9.17) is 5.11 Å². The number of aliphatic hydroxyl groups excluding tert-OH is 2. The Morgan fingerprint density at radius 2 is 1.50 bits per heavy atom. The molecule has 0 aliphatic heterocycles. The standard InChI is InChI=1S/C14H22O2/c1-10(2)14(11(3)16)8-12-4-6-13(9-15)7-5-12/h4-7,10-11,14-16H,8-9H2,1-3H3. The Morgan fingerprint density at radius 3 is 1.88 bits per heavy atom. The average Bonchev–Trinajstić information content (AvgIpc) is 2.25. The summed E-state index contributed by atoms with van der Waals surface area (Å²) < 4.78 is 0. The van der Waals surface area contributed by atoms with Crippen molar-refractivity contribution in [3.8, 4) is 0 Å². The molecule has 0 bridgehead atoms. The van der Waals surface area contributed by atoms with Crippen molar-refractivity contribution in [3.05, 3.63) is 35.4 Å². The minimum absolute atomic E-state index is 0.0876. The minimum atomic E-state index is -0.280. The summed E-state index contributed by atoms with van der Waals surface area (Å²) in [6, 6.07) is 7.94. The Balaban J connectivity index is 2.70. The van der Waals surface area contributed by atoms with Crippen LogP contribution in [0.25, 0.3) is 0 Å². The fourth-order valence-electron chi connectivity index (χ4n) is 2.02. The van der Waals surface area contributed by atoms with E-state index in [1.165, 1.54) is 5.56 Å². The van der Waals surface area contributed by atoms with Crippen molar-refractivity contribution in [3.63, 3.8) is 0 Å². The van der Waals surface area contributed by atoms with Crippen molar-refractivity contribution in [2.24, 2.45) is 11.8 Å². The van der Waals surface area contributed by atoms with Crippen LogP contribution in [-0.4, -0.2) is 16.3 Å². The molecule has 2 heteroatoms. The van der Waals surface area contributed by atoms with E-state index in [2.05, 4.69) is 13.8 Å². The number of aliphatic hydroxyl groups is 2. The van der Waals surface area contributed by atoms with Crippen molar-refractivity contribution in [1.29, 1.82) is 0 Å². The number of benzene rings is 1. The first kappa shape index (κ1) is 13.2. The minimum Gasteiger partial charge on any atom is -0.393 e. The number of hydrogen-bond donors (Lipinski definition) is 2. The largest absolute Gasteiger partial charge is 0.393 e. The van der Waals surface area contributed by atoms with Gasteiger partial charge in [0.25, 0.3) is 0 Å². The van der Waals surface area contributed by atoms with Crippen LogP contribution in [0.5, 0.6) is 0 Å². The van der Waals surface area contributed by atoms with Crippen molar-refractivity contribution < 1.29 is 10.2 Å². The molecule has 0 heterocycles. The highest BCUT2D eigenvalue weighted by Crippen LogP contribution is 2.21. The molecule has 90 valence electrons. The van der Waals surface area contributed by atoms with Gasteiger partial charge in [0, 0.05) is 0 Å². The molecule has 1 aromatic carbocycles. The predicted octanol–water partition coefficient (Wildman–Crippen LogP) is 2.37. The molecule has 0 radical (unpaired) electrons. The Bertz CT molecular complexity index is 293. The summed E-state index contributed by atoms with van der Waals surface area (Å²) in [4.78, 5) is 0. The molecule has 16 heavy (non-hydrogen) atoms. The second kappa shape index (κ2) is 6.02. The summed E-state index contributed by atoms with van der Waals surface area (Å²) in [5.41, 5.74) is 2.15. The second-order valence-electron chi connectivity index (χ2n) is 4.83. The fraction of sp³-hybridized carbons (Fsp3) is 0.571. The lowest BCUT2D eigenvalue weighted by molar-refractivity contribution is 0.0977. The molecule has 2 atom stereocenters. The first-order valence-corrected chi connectivity index (χ1v) is 5.91. The summed E-state index contributed by atoms with van der Waals surface area (Å²) >= 11 is 0. The van der Waals surface area contributed by atoms with Gasteiger partial charge in [0.15, 0.2) is 0 Å². The molecular formula is C14H22O2. The Morgan fingerprint density at radius 1 is 1.00 bits per heavy atom. The van der Waals surface area contributed by atoms with E-state index >= 15 is 0 Å². The molecule has 1 rings (SSSR count). The number of hydrogen-bond acceptors (Lipinski definition) is 2. The zero-order valence-electron chi connectivity index (χ0n) is 10.4. The molecule has 2 nitrogen and oxygen atoms in total. The molecule has 0 aliphatic carbocycles. The van der Waals surface area contributed by atoms with E-state index in [-0.39, 0.29) is 12.7 Å². The van der Waals surface area contributed by atoms with Gasteiger partial charge in [-0.2, -0.15) is 0 Å². The summed E-state index contributed by atoms with van der Waals surface area (Å²) in [5.74, 6) is 0.762. The SMILES string of the molecule is CC(C)C(Cc1ccc(CO)cc1)C(C)O. The smallest absolute Gasteiger partial charge is 0.0681 e. The van der Waals surface area contributed by atoms with Crippen LogP contribution in [0.2, 0.25) is 0 Å². The monoisotopic (exact) mass is 222 g/mol. The van der Waals surface area contributed by atoms with E-state index in [0.717, 1.165) is 12.0 Å². The molecule has 2 unspecified atom stereocenters. The van der Waals surface area contributed by atoms with Gasteiger partial charge in [-0.1, -0.05) is 38.1 Å². The van der Waals surface area contributed by atoms with E-state index < -0.39 is 0 Å². The maximum absolute atomic E-state index is 9.70. The van der Waals surface area contributed by atoms with E-state index in [1.807, 2.05) is 31.2 Å². The summed E-state index contributed by atoms with van der Waals surface area (Å²) in [6.45, 7) is 6.22. The van der Waals surface area contributed by atoms with Crippen LogP contribution in [0, 0.1) is 11.8 Å². The van der Waals surface area contributed by atoms with Gasteiger partial charge in [-0.3, -0.25) is 0 Å². The molecule has 0 saturated carbocycles. The Kier molecular flexibility index (Phi) is 4.97. The zero-order chi connectivity index (χ0) is 12.1. The third kappa shape index (κ3) is 3.62. The normalized spacial score (nSPS) is 15.1. The highest BCUT2D eigenvalue weighted by atomic mass is 16.3. The second-order valence-corrected chi connectivity index (χ2v) is 4.83. The van der Waals surface area contributed by atoms with Crippen LogP contribution in [0.15, 0.2) is 24.3 Å². The van der Waals surface area contributed by atoms with Gasteiger partial charge in [-0.05, 0) is 36.3 Å². The van der Waals surface area contributed by atoms with Gasteiger partial charge in [0.05, 0.1) is 12.7 Å². The van der Waals surface area contributed by atoms with Crippen LogP contribution < -0.4 is 0 Å². The lowest BCUT2D eigenvalue weighted by Crippen LogP contribution is -2.24. The van der Waals surface area contributed by atoms with Crippen molar-refractivity contribution in [1.82, 2.24) is 0 Å².